The molecular weight excluding hydrogens is 281 g/mol. The van der Waals surface area contributed by atoms with Crippen molar-refractivity contribution in [3.63, 3.8) is 0 Å². The van der Waals surface area contributed by atoms with Crippen molar-refractivity contribution in [3.8, 4) is 0 Å². The lowest BCUT2D eigenvalue weighted by molar-refractivity contribution is 1.26. The van der Waals surface area contributed by atoms with Crippen LogP contribution < -0.4 is 0 Å². The van der Waals surface area contributed by atoms with E-state index < -0.39 is 0 Å². The number of pyridine rings is 1. The van der Waals surface area contributed by atoms with Crippen LogP contribution in [0.3, 0.4) is 0 Å². The summed E-state index contributed by atoms with van der Waals surface area (Å²) in [6.07, 6.45) is 1.77. The third-order valence-electron chi connectivity index (χ3n) is 0.689. The van der Waals surface area contributed by atoms with Crippen molar-refractivity contribution in [3.05, 3.63) is 26.5 Å². The van der Waals surface area contributed by atoms with E-state index in [-0.39, 0.29) is 0 Å². The Morgan fingerprint density at radius 2 is 2.38 bits per heavy atom. The summed E-state index contributed by atoms with van der Waals surface area (Å²) < 4.78 is 2.09. The molecule has 1 aromatic rings. The molecule has 0 saturated carbocycles. The third kappa shape index (κ3) is 1.70. The number of nitrogens with zero attached hydrogens (tertiary/aromatic N) is 1. The molecule has 1 nitrogen and oxygen atoms in total. The first-order valence-corrected chi connectivity index (χ1v) is 3.93. The number of halogens is 2. The van der Waals surface area contributed by atoms with E-state index >= 15 is 0 Å². The Morgan fingerprint density at radius 3 is 2.75 bits per heavy atom. The first-order chi connectivity index (χ1) is 3.79. The van der Waals surface area contributed by atoms with Crippen molar-refractivity contribution in [2.45, 2.75) is 0 Å². The van der Waals surface area contributed by atoms with Crippen LogP contribution in [0.25, 0.3) is 0 Å². The van der Waals surface area contributed by atoms with Gasteiger partial charge in [-0.1, -0.05) is 15.9 Å². The standard InChI is InChI=1S/C5H3BrIN/c6-4-1-2-8-5(7)3-4/h1-3H. The molecule has 3 heteroatoms. The first kappa shape index (κ1) is 6.48. The lowest BCUT2D eigenvalue weighted by atomic mass is 10.5. The van der Waals surface area contributed by atoms with Crippen LogP contribution in [0.4, 0.5) is 0 Å². The quantitative estimate of drug-likeness (QED) is 0.526. The van der Waals surface area contributed by atoms with Gasteiger partial charge in [0.1, 0.15) is 3.70 Å². The van der Waals surface area contributed by atoms with Gasteiger partial charge in [-0.2, -0.15) is 0 Å². The largest absolute Gasteiger partial charge is 0.250 e. The van der Waals surface area contributed by atoms with Gasteiger partial charge in [0.05, 0.1) is 0 Å². The molecular formula is C5H3BrIN. The van der Waals surface area contributed by atoms with E-state index in [0.29, 0.717) is 0 Å². The second kappa shape index (κ2) is 2.77. The van der Waals surface area contributed by atoms with Gasteiger partial charge in [-0.25, -0.2) is 0 Å². The molecule has 1 rings (SSSR count). The van der Waals surface area contributed by atoms with Gasteiger partial charge in [0, 0.05) is 10.7 Å². The van der Waals surface area contributed by atoms with Gasteiger partial charge in [0.2, 0.25) is 0 Å². The molecule has 0 bridgehead atoms. The number of hydrogen-bond acceptors (Lipinski definition) is 1. The lowest BCUT2D eigenvalue weighted by Gasteiger charge is -1.86. The van der Waals surface area contributed by atoms with E-state index in [1.54, 1.807) is 6.20 Å². The number of hydrogen-bond donors (Lipinski definition) is 0. The molecule has 0 atom stereocenters. The SMILES string of the molecule is Brc1ccnc(I)c1. The van der Waals surface area contributed by atoms with Crippen LogP contribution in [0.1, 0.15) is 0 Å². The highest BCUT2D eigenvalue weighted by molar-refractivity contribution is 14.1. The van der Waals surface area contributed by atoms with Crippen LogP contribution in [0.2, 0.25) is 0 Å². The molecule has 0 radical (unpaired) electrons. The first-order valence-electron chi connectivity index (χ1n) is 2.06. The van der Waals surface area contributed by atoms with E-state index in [1.807, 2.05) is 12.1 Å². The van der Waals surface area contributed by atoms with Crippen LogP contribution in [0.5, 0.6) is 0 Å². The predicted molar refractivity (Wildman–Crippen MR) is 44.7 cm³/mol. The zero-order chi connectivity index (χ0) is 5.98. The van der Waals surface area contributed by atoms with Crippen molar-refractivity contribution in [1.29, 1.82) is 0 Å². The molecule has 1 aromatic heterocycles. The Labute approximate surface area is 69.8 Å². The van der Waals surface area contributed by atoms with Gasteiger partial charge in [-0.15, -0.1) is 0 Å². The summed E-state index contributed by atoms with van der Waals surface area (Å²) in [6, 6.07) is 3.86. The molecule has 0 aliphatic heterocycles. The van der Waals surface area contributed by atoms with E-state index in [9.17, 15) is 0 Å². The molecule has 0 N–H and O–H groups in total. The summed E-state index contributed by atoms with van der Waals surface area (Å²) >= 11 is 5.48. The Hall–Kier alpha value is 0.360. The van der Waals surface area contributed by atoms with Gasteiger partial charge in [-0.3, -0.25) is 4.98 Å². The molecule has 1 heterocycles. The molecule has 0 unspecified atom stereocenters. The fourth-order valence-corrected chi connectivity index (χ4v) is 1.64. The summed E-state index contributed by atoms with van der Waals surface area (Å²) in [5.41, 5.74) is 0. The number of rotatable bonds is 0. The lowest BCUT2D eigenvalue weighted by Crippen LogP contribution is -1.74. The predicted octanol–water partition coefficient (Wildman–Crippen LogP) is 2.45. The topological polar surface area (TPSA) is 12.9 Å². The monoisotopic (exact) mass is 283 g/mol. The molecule has 0 amide bonds. The molecule has 0 aliphatic carbocycles. The molecule has 0 spiro atoms. The highest BCUT2D eigenvalue weighted by Gasteiger charge is 1.85. The van der Waals surface area contributed by atoms with Gasteiger partial charge in [0.15, 0.2) is 0 Å². The molecule has 0 saturated heterocycles. The Bertz CT molecular complexity index is 172. The summed E-state index contributed by atoms with van der Waals surface area (Å²) in [5.74, 6) is 0. The Kier molecular flexibility index (Phi) is 2.25. The van der Waals surface area contributed by atoms with Crippen molar-refractivity contribution in [2.24, 2.45) is 0 Å². The van der Waals surface area contributed by atoms with Crippen molar-refractivity contribution < 1.29 is 0 Å². The zero-order valence-corrected chi connectivity index (χ0v) is 7.68. The Morgan fingerprint density at radius 1 is 1.62 bits per heavy atom. The molecule has 0 aliphatic rings. The summed E-state index contributed by atoms with van der Waals surface area (Å²) in [5, 5.41) is 0. The van der Waals surface area contributed by atoms with E-state index in [0.717, 1.165) is 8.17 Å². The maximum absolute atomic E-state index is 4.00. The highest BCUT2D eigenvalue weighted by Crippen LogP contribution is 2.09. The van der Waals surface area contributed by atoms with Crippen molar-refractivity contribution in [2.75, 3.05) is 0 Å². The van der Waals surface area contributed by atoms with E-state index in [2.05, 4.69) is 43.5 Å². The molecule has 42 valence electrons. The van der Waals surface area contributed by atoms with Crippen molar-refractivity contribution in [1.82, 2.24) is 4.98 Å². The van der Waals surface area contributed by atoms with Gasteiger partial charge < -0.3 is 0 Å². The normalized spacial score (nSPS) is 9.25. The second-order valence-corrected chi connectivity index (χ2v) is 3.32. The minimum atomic E-state index is 1.01. The fraction of sp³-hybridized carbons (Fsp3) is 0. The van der Waals surface area contributed by atoms with Crippen LogP contribution in [0.15, 0.2) is 22.8 Å². The van der Waals surface area contributed by atoms with Crippen molar-refractivity contribution >= 4 is 38.5 Å². The van der Waals surface area contributed by atoms with Crippen LogP contribution >= 0.6 is 38.5 Å². The van der Waals surface area contributed by atoms with Crippen LogP contribution in [0, 0.1) is 3.70 Å². The average Bonchev–Trinajstić information content (AvgIpc) is 1.64. The fourth-order valence-electron chi connectivity index (χ4n) is 0.379. The molecule has 8 heavy (non-hydrogen) atoms. The van der Waals surface area contributed by atoms with Gasteiger partial charge >= 0.3 is 0 Å². The molecule has 0 aromatic carbocycles. The Balaban J connectivity index is 3.08. The van der Waals surface area contributed by atoms with Gasteiger partial charge in [-0.05, 0) is 34.7 Å². The van der Waals surface area contributed by atoms with Crippen LogP contribution in [-0.2, 0) is 0 Å². The average molecular weight is 284 g/mol. The summed E-state index contributed by atoms with van der Waals surface area (Å²) in [6.45, 7) is 0. The minimum absolute atomic E-state index is 1.01. The minimum Gasteiger partial charge on any atom is -0.250 e. The highest BCUT2D eigenvalue weighted by atomic mass is 127. The zero-order valence-electron chi connectivity index (χ0n) is 3.94. The maximum atomic E-state index is 4.00. The van der Waals surface area contributed by atoms with E-state index in [1.165, 1.54) is 0 Å². The van der Waals surface area contributed by atoms with Gasteiger partial charge in [0.25, 0.3) is 0 Å². The summed E-state index contributed by atoms with van der Waals surface area (Å²) in [7, 11) is 0. The third-order valence-corrected chi connectivity index (χ3v) is 1.77. The molecule has 0 fully saturated rings. The number of aromatic nitrogens is 1. The van der Waals surface area contributed by atoms with Crippen LogP contribution in [-0.4, -0.2) is 4.98 Å². The van der Waals surface area contributed by atoms with E-state index in [4.69, 9.17) is 0 Å². The second-order valence-electron chi connectivity index (χ2n) is 1.30. The summed E-state index contributed by atoms with van der Waals surface area (Å²) in [4.78, 5) is 4.00. The smallest absolute Gasteiger partial charge is 0.102 e. The maximum Gasteiger partial charge on any atom is 0.102 e.